The lowest BCUT2D eigenvalue weighted by Gasteiger charge is -2.24. The molecule has 0 aliphatic rings. The SMILES string of the molecule is [C-]#[N+]C[C@H](COc1ccccn1)NC(=O)[C@@H](COCc1cccc(Cl)c1)NC(=O)OC(C)(C)C. The molecule has 0 saturated carbocycles. The van der Waals surface area contributed by atoms with Gasteiger partial charge in [0.1, 0.15) is 24.3 Å². The molecule has 10 heteroatoms. The lowest BCUT2D eigenvalue weighted by molar-refractivity contribution is -0.125. The van der Waals surface area contributed by atoms with Crippen LogP contribution in [0.5, 0.6) is 5.88 Å². The molecule has 1 aromatic heterocycles. The number of hydrogen-bond acceptors (Lipinski definition) is 6. The summed E-state index contributed by atoms with van der Waals surface area (Å²) < 4.78 is 16.5. The van der Waals surface area contributed by atoms with Crippen molar-refractivity contribution in [2.24, 2.45) is 0 Å². The minimum atomic E-state index is -1.06. The Morgan fingerprint density at radius 2 is 1.94 bits per heavy atom. The third kappa shape index (κ3) is 10.5. The summed E-state index contributed by atoms with van der Waals surface area (Å²) in [6.45, 7) is 12.4. The van der Waals surface area contributed by atoms with Crippen molar-refractivity contribution in [1.29, 1.82) is 0 Å². The second-order valence-corrected chi connectivity index (χ2v) is 8.81. The van der Waals surface area contributed by atoms with Gasteiger partial charge in [0, 0.05) is 17.3 Å². The Morgan fingerprint density at radius 1 is 1.15 bits per heavy atom. The van der Waals surface area contributed by atoms with Crippen LogP contribution in [0.2, 0.25) is 5.02 Å². The molecule has 0 aliphatic carbocycles. The summed E-state index contributed by atoms with van der Waals surface area (Å²) >= 11 is 5.99. The normalized spacial score (nSPS) is 12.7. The smallest absolute Gasteiger partial charge is 0.408 e. The maximum atomic E-state index is 13.0. The van der Waals surface area contributed by atoms with Crippen molar-refractivity contribution in [3.8, 4) is 5.88 Å². The number of benzene rings is 1. The number of halogens is 1. The molecule has 0 saturated heterocycles. The highest BCUT2D eigenvalue weighted by Crippen LogP contribution is 2.12. The fourth-order valence-corrected chi connectivity index (χ4v) is 2.94. The number of alkyl carbamates (subject to hydrolysis) is 1. The van der Waals surface area contributed by atoms with E-state index in [-0.39, 0.29) is 26.4 Å². The minimum Gasteiger partial charge on any atom is -0.475 e. The third-order valence-corrected chi connectivity index (χ3v) is 4.41. The first kappa shape index (κ1) is 26.9. The van der Waals surface area contributed by atoms with Gasteiger partial charge < -0.3 is 29.7 Å². The molecule has 0 fully saturated rings. The quantitative estimate of drug-likeness (QED) is 0.468. The third-order valence-electron chi connectivity index (χ3n) is 4.18. The van der Waals surface area contributed by atoms with E-state index in [9.17, 15) is 9.59 Å². The molecule has 2 atom stereocenters. The van der Waals surface area contributed by atoms with Crippen LogP contribution < -0.4 is 15.4 Å². The first-order valence-electron chi connectivity index (χ1n) is 10.7. The molecule has 0 bridgehead atoms. The monoisotopic (exact) mass is 488 g/mol. The number of pyridine rings is 1. The standard InChI is InChI=1S/C24H29ClN4O5/c1-24(2,3)34-23(31)29-20(16-32-14-17-8-7-9-18(25)12-17)22(30)28-19(13-26-4)15-33-21-10-5-6-11-27-21/h5-12,19-20H,13-16H2,1-3H3,(H,28,30)(H,29,31)/t19-,20-/m1/s1. The van der Waals surface area contributed by atoms with Crippen LogP contribution in [0.25, 0.3) is 4.85 Å². The number of nitrogens with zero attached hydrogens (tertiary/aromatic N) is 2. The van der Waals surface area contributed by atoms with Crippen LogP contribution in [0.1, 0.15) is 26.3 Å². The fourth-order valence-electron chi connectivity index (χ4n) is 2.72. The van der Waals surface area contributed by atoms with Crippen LogP contribution in [0.15, 0.2) is 48.7 Å². The van der Waals surface area contributed by atoms with Gasteiger partial charge in [0.05, 0.1) is 13.2 Å². The summed E-state index contributed by atoms with van der Waals surface area (Å²) in [5.41, 5.74) is 0.0780. The molecule has 1 heterocycles. The first-order valence-corrected chi connectivity index (χ1v) is 11.0. The number of carbonyl (C=O) groups excluding carboxylic acids is 2. The van der Waals surface area contributed by atoms with E-state index in [1.54, 1.807) is 63.4 Å². The molecular formula is C24H29ClN4O5. The van der Waals surface area contributed by atoms with Gasteiger partial charge in [0.25, 0.3) is 0 Å². The molecule has 1 aromatic carbocycles. The second-order valence-electron chi connectivity index (χ2n) is 8.37. The molecule has 9 nitrogen and oxygen atoms in total. The molecule has 182 valence electrons. The van der Waals surface area contributed by atoms with Crippen LogP contribution >= 0.6 is 11.6 Å². The lowest BCUT2D eigenvalue weighted by Crippen LogP contribution is -2.54. The highest BCUT2D eigenvalue weighted by atomic mass is 35.5. The number of amides is 2. The van der Waals surface area contributed by atoms with Gasteiger partial charge in [0.2, 0.25) is 18.3 Å². The van der Waals surface area contributed by atoms with Crippen LogP contribution in [0, 0.1) is 6.57 Å². The van der Waals surface area contributed by atoms with Crippen molar-refractivity contribution >= 4 is 23.6 Å². The fraction of sp³-hybridized carbons (Fsp3) is 0.417. The average molecular weight is 489 g/mol. The summed E-state index contributed by atoms with van der Waals surface area (Å²) in [7, 11) is 0. The van der Waals surface area contributed by atoms with Crippen molar-refractivity contribution < 1.29 is 23.8 Å². The van der Waals surface area contributed by atoms with Gasteiger partial charge in [-0.3, -0.25) is 4.79 Å². The van der Waals surface area contributed by atoms with E-state index in [0.29, 0.717) is 10.9 Å². The number of ether oxygens (including phenoxy) is 3. The van der Waals surface area contributed by atoms with Crippen LogP contribution in [0.4, 0.5) is 4.79 Å². The maximum absolute atomic E-state index is 13.0. The molecule has 0 radical (unpaired) electrons. The average Bonchev–Trinajstić information content (AvgIpc) is 2.76. The molecule has 2 N–H and O–H groups in total. The zero-order valence-corrected chi connectivity index (χ0v) is 20.2. The number of hydrogen-bond donors (Lipinski definition) is 2. The molecular weight excluding hydrogens is 460 g/mol. The van der Waals surface area contributed by atoms with Crippen molar-refractivity contribution in [1.82, 2.24) is 15.6 Å². The summed E-state index contributed by atoms with van der Waals surface area (Å²) in [6.07, 6.45) is 0.820. The molecule has 0 spiro atoms. The summed E-state index contributed by atoms with van der Waals surface area (Å²) in [5.74, 6) is -0.157. The zero-order chi connectivity index (χ0) is 25.0. The molecule has 0 unspecified atom stereocenters. The van der Waals surface area contributed by atoms with Crippen molar-refractivity contribution in [2.45, 2.75) is 45.1 Å². The highest BCUT2D eigenvalue weighted by molar-refractivity contribution is 6.30. The van der Waals surface area contributed by atoms with Gasteiger partial charge in [-0.05, 0) is 44.5 Å². The predicted octanol–water partition coefficient (Wildman–Crippen LogP) is 3.63. The van der Waals surface area contributed by atoms with E-state index in [1.165, 1.54) is 0 Å². The Bertz CT molecular complexity index is 975. The van der Waals surface area contributed by atoms with E-state index in [0.717, 1.165) is 5.56 Å². The van der Waals surface area contributed by atoms with Crippen LogP contribution in [-0.4, -0.2) is 54.4 Å². The van der Waals surface area contributed by atoms with Crippen molar-refractivity contribution in [3.63, 3.8) is 0 Å². The Balaban J connectivity index is 2.02. The van der Waals surface area contributed by atoms with Gasteiger partial charge in [-0.15, -0.1) is 0 Å². The Kier molecular flexibility index (Phi) is 10.6. The number of nitrogens with one attached hydrogen (secondary N) is 2. The molecule has 34 heavy (non-hydrogen) atoms. The van der Waals surface area contributed by atoms with Crippen LogP contribution in [0.3, 0.4) is 0 Å². The van der Waals surface area contributed by atoms with E-state index in [1.807, 2.05) is 6.07 Å². The van der Waals surface area contributed by atoms with Gasteiger partial charge in [-0.25, -0.2) is 16.4 Å². The summed E-state index contributed by atoms with van der Waals surface area (Å²) in [6, 6.07) is 10.6. The van der Waals surface area contributed by atoms with Gasteiger partial charge in [0.15, 0.2) is 0 Å². The number of aromatic nitrogens is 1. The number of rotatable bonds is 11. The van der Waals surface area contributed by atoms with Crippen molar-refractivity contribution in [2.75, 3.05) is 19.8 Å². The highest BCUT2D eigenvalue weighted by Gasteiger charge is 2.27. The van der Waals surface area contributed by atoms with E-state index < -0.39 is 29.7 Å². The molecule has 2 aromatic rings. The second kappa shape index (κ2) is 13.4. The van der Waals surface area contributed by atoms with Gasteiger partial charge >= 0.3 is 6.09 Å². The van der Waals surface area contributed by atoms with E-state index in [2.05, 4.69) is 20.5 Å². The lowest BCUT2D eigenvalue weighted by atomic mass is 10.2. The van der Waals surface area contributed by atoms with E-state index in [4.69, 9.17) is 32.4 Å². The van der Waals surface area contributed by atoms with Crippen molar-refractivity contribution in [3.05, 3.63) is 70.7 Å². The Labute approximate surface area is 204 Å². The summed E-state index contributed by atoms with van der Waals surface area (Å²) in [4.78, 5) is 32.7. The van der Waals surface area contributed by atoms with Crippen LogP contribution in [-0.2, 0) is 20.9 Å². The maximum Gasteiger partial charge on any atom is 0.408 e. The molecule has 2 rings (SSSR count). The minimum absolute atomic E-state index is 0.0128. The number of carbonyl (C=O) groups is 2. The molecule has 0 aliphatic heterocycles. The topological polar surface area (TPSA) is 103 Å². The largest absolute Gasteiger partial charge is 0.475 e. The van der Waals surface area contributed by atoms with Gasteiger partial charge in [-0.1, -0.05) is 29.8 Å². The predicted molar refractivity (Wildman–Crippen MR) is 127 cm³/mol. The Hall–Kier alpha value is -3.35. The van der Waals surface area contributed by atoms with E-state index >= 15 is 0 Å². The molecule has 2 amide bonds. The Morgan fingerprint density at radius 3 is 2.59 bits per heavy atom. The summed E-state index contributed by atoms with van der Waals surface area (Å²) in [5, 5.41) is 5.84. The van der Waals surface area contributed by atoms with Gasteiger partial charge in [-0.2, -0.15) is 0 Å². The zero-order valence-electron chi connectivity index (χ0n) is 19.4. The first-order chi connectivity index (χ1) is 16.2.